The number of carbonyl (C=O) groups excluding carboxylic acids is 2. The van der Waals surface area contributed by atoms with Crippen LogP contribution in [0.4, 0.5) is 4.39 Å². The summed E-state index contributed by atoms with van der Waals surface area (Å²) >= 11 is 0. The van der Waals surface area contributed by atoms with Crippen LogP contribution in [-0.2, 0) is 19.1 Å². The van der Waals surface area contributed by atoms with Crippen molar-refractivity contribution in [2.45, 2.75) is 45.4 Å². The average molecular weight is 480 g/mol. The lowest BCUT2D eigenvalue weighted by atomic mass is 9.70. The molecule has 0 saturated heterocycles. The maximum atomic E-state index is 15.1. The smallest absolute Gasteiger partial charge is 0.336 e. The summed E-state index contributed by atoms with van der Waals surface area (Å²) in [7, 11) is 2.73. The van der Waals surface area contributed by atoms with Crippen molar-refractivity contribution in [1.82, 2.24) is 5.32 Å². The number of Topliss-reactive ketones (excluding diaryl/α,β-unsaturated/α-hetero) is 1. The molecule has 7 heteroatoms. The van der Waals surface area contributed by atoms with Gasteiger partial charge in [-0.25, -0.2) is 9.18 Å². The number of aromatic hydroxyl groups is 1. The monoisotopic (exact) mass is 479 g/mol. The number of dihydropyridines is 1. The zero-order valence-corrected chi connectivity index (χ0v) is 20.6. The van der Waals surface area contributed by atoms with E-state index in [-0.39, 0.29) is 41.6 Å². The Morgan fingerprint density at radius 1 is 1.11 bits per heavy atom. The third-order valence-electron chi connectivity index (χ3n) is 6.84. The Kier molecular flexibility index (Phi) is 6.81. The van der Waals surface area contributed by atoms with Crippen molar-refractivity contribution >= 4 is 11.8 Å². The standard InChI is InChI=1S/C28H30FNO5/c1-14-8-15(2)24(16(3)9-14)17-10-21-26(23(32)11-17)25(19-12-18(31)6-7-20(19)29)27(28(33)35-5)22(30-21)13-34-4/h6-9,12,17,25,30-31H,10-11,13H2,1-5H3. The second kappa shape index (κ2) is 9.66. The molecule has 0 radical (unpaired) electrons. The molecule has 184 valence electrons. The minimum absolute atomic E-state index is 0.0413. The quantitative estimate of drug-likeness (QED) is 0.609. The summed E-state index contributed by atoms with van der Waals surface area (Å²) < 4.78 is 25.5. The third kappa shape index (κ3) is 4.48. The Labute approximate surface area is 204 Å². The van der Waals surface area contributed by atoms with Crippen molar-refractivity contribution in [3.8, 4) is 5.75 Å². The molecule has 0 amide bonds. The zero-order valence-electron chi connectivity index (χ0n) is 20.6. The number of allylic oxidation sites excluding steroid dienone is 2. The van der Waals surface area contributed by atoms with E-state index in [1.165, 1.54) is 26.4 Å². The van der Waals surface area contributed by atoms with Gasteiger partial charge in [0.1, 0.15) is 11.6 Å². The lowest BCUT2D eigenvalue weighted by Crippen LogP contribution is -2.38. The minimum Gasteiger partial charge on any atom is -0.508 e. The molecule has 2 aromatic rings. The number of ketones is 1. The summed E-state index contributed by atoms with van der Waals surface area (Å²) in [4.78, 5) is 26.6. The van der Waals surface area contributed by atoms with E-state index in [1.807, 2.05) is 6.92 Å². The molecule has 0 bridgehead atoms. The van der Waals surface area contributed by atoms with Gasteiger partial charge in [0.2, 0.25) is 0 Å². The predicted octanol–water partition coefficient (Wildman–Crippen LogP) is 4.62. The number of esters is 1. The van der Waals surface area contributed by atoms with E-state index in [9.17, 15) is 14.7 Å². The first-order chi connectivity index (χ1) is 16.7. The molecule has 2 aliphatic rings. The van der Waals surface area contributed by atoms with Crippen LogP contribution in [0.5, 0.6) is 5.75 Å². The normalized spacial score (nSPS) is 20.0. The van der Waals surface area contributed by atoms with Crippen LogP contribution in [0, 0.1) is 26.6 Å². The summed E-state index contributed by atoms with van der Waals surface area (Å²) in [6, 6.07) is 7.85. The number of ether oxygens (including phenoxy) is 2. The SMILES string of the molecule is COCC1=C(C(=O)OC)C(c2cc(O)ccc2F)C2=C(CC(c3c(C)cc(C)cc3C)CC2=O)N1. The molecule has 0 fully saturated rings. The fourth-order valence-electron chi connectivity index (χ4n) is 5.66. The highest BCUT2D eigenvalue weighted by Gasteiger charge is 2.43. The topological polar surface area (TPSA) is 84.9 Å². The average Bonchev–Trinajstić information content (AvgIpc) is 2.79. The van der Waals surface area contributed by atoms with Crippen LogP contribution in [0.25, 0.3) is 0 Å². The highest BCUT2D eigenvalue weighted by molar-refractivity contribution is 6.04. The summed E-state index contributed by atoms with van der Waals surface area (Å²) in [6.45, 7) is 6.19. The van der Waals surface area contributed by atoms with Crippen molar-refractivity contribution in [2.24, 2.45) is 0 Å². The van der Waals surface area contributed by atoms with E-state index in [0.29, 0.717) is 23.4 Å². The largest absolute Gasteiger partial charge is 0.508 e. The first-order valence-electron chi connectivity index (χ1n) is 11.6. The van der Waals surface area contributed by atoms with Gasteiger partial charge in [0, 0.05) is 30.4 Å². The van der Waals surface area contributed by atoms with E-state index in [1.54, 1.807) is 0 Å². The second-order valence-electron chi connectivity index (χ2n) is 9.31. The number of phenolic OH excluding ortho intramolecular Hbond substituents is 1. The molecular weight excluding hydrogens is 449 g/mol. The van der Waals surface area contributed by atoms with Gasteiger partial charge >= 0.3 is 5.97 Å². The number of hydrogen-bond donors (Lipinski definition) is 2. The van der Waals surface area contributed by atoms with Crippen molar-refractivity contribution in [3.05, 3.63) is 86.5 Å². The number of aryl methyl sites for hydroxylation is 3. The first-order valence-corrected chi connectivity index (χ1v) is 11.6. The predicted molar refractivity (Wildman–Crippen MR) is 130 cm³/mol. The van der Waals surface area contributed by atoms with Gasteiger partial charge in [0.05, 0.1) is 30.9 Å². The third-order valence-corrected chi connectivity index (χ3v) is 6.84. The van der Waals surface area contributed by atoms with E-state index in [2.05, 4.69) is 31.3 Å². The summed E-state index contributed by atoms with van der Waals surface area (Å²) in [5, 5.41) is 13.4. The van der Waals surface area contributed by atoms with Gasteiger partial charge in [0.25, 0.3) is 0 Å². The molecule has 0 spiro atoms. The van der Waals surface area contributed by atoms with Crippen molar-refractivity contribution < 1.29 is 28.6 Å². The summed E-state index contributed by atoms with van der Waals surface area (Å²) in [5.41, 5.74) is 6.07. The Balaban J connectivity index is 1.90. The fourth-order valence-corrected chi connectivity index (χ4v) is 5.66. The summed E-state index contributed by atoms with van der Waals surface area (Å²) in [5.74, 6) is -2.73. The lowest BCUT2D eigenvalue weighted by Gasteiger charge is -2.37. The highest BCUT2D eigenvalue weighted by Crippen LogP contribution is 2.47. The molecule has 0 aromatic heterocycles. The van der Waals surface area contributed by atoms with Crippen LogP contribution in [-0.4, -0.2) is 37.7 Å². The molecule has 6 nitrogen and oxygen atoms in total. The summed E-state index contributed by atoms with van der Waals surface area (Å²) in [6.07, 6.45) is 0.751. The van der Waals surface area contributed by atoms with Crippen molar-refractivity contribution in [2.75, 3.05) is 20.8 Å². The van der Waals surface area contributed by atoms with E-state index < -0.39 is 17.7 Å². The van der Waals surface area contributed by atoms with Gasteiger partial charge in [-0.1, -0.05) is 17.7 Å². The molecule has 0 saturated carbocycles. The maximum absolute atomic E-state index is 15.1. The number of benzene rings is 2. The molecule has 1 heterocycles. The fraction of sp³-hybridized carbons (Fsp3) is 0.357. The number of methoxy groups -OCH3 is 2. The van der Waals surface area contributed by atoms with Gasteiger partial charge in [-0.15, -0.1) is 0 Å². The molecule has 35 heavy (non-hydrogen) atoms. The first kappa shape index (κ1) is 24.7. The number of hydrogen-bond acceptors (Lipinski definition) is 6. The molecule has 2 atom stereocenters. The maximum Gasteiger partial charge on any atom is 0.336 e. The van der Waals surface area contributed by atoms with Crippen LogP contribution in [0.1, 0.15) is 52.5 Å². The van der Waals surface area contributed by atoms with E-state index in [0.717, 1.165) is 28.3 Å². The number of phenols is 1. The molecular formula is C28H30FNO5. The Morgan fingerprint density at radius 3 is 2.43 bits per heavy atom. The van der Waals surface area contributed by atoms with Gasteiger partial charge < -0.3 is 19.9 Å². The second-order valence-corrected chi connectivity index (χ2v) is 9.31. The molecule has 2 aromatic carbocycles. The molecule has 4 rings (SSSR count). The molecule has 2 unspecified atom stereocenters. The zero-order chi connectivity index (χ0) is 25.4. The van der Waals surface area contributed by atoms with Gasteiger partial charge in [-0.05, 0) is 68.0 Å². The van der Waals surface area contributed by atoms with Crippen molar-refractivity contribution in [3.63, 3.8) is 0 Å². The van der Waals surface area contributed by atoms with Crippen LogP contribution < -0.4 is 5.32 Å². The molecule has 1 aliphatic heterocycles. The van der Waals surface area contributed by atoms with Gasteiger partial charge in [-0.2, -0.15) is 0 Å². The van der Waals surface area contributed by atoms with Crippen LogP contribution in [0.15, 0.2) is 52.9 Å². The highest BCUT2D eigenvalue weighted by atomic mass is 19.1. The van der Waals surface area contributed by atoms with E-state index in [4.69, 9.17) is 9.47 Å². The number of nitrogens with one attached hydrogen (secondary N) is 1. The Morgan fingerprint density at radius 2 is 1.80 bits per heavy atom. The van der Waals surface area contributed by atoms with Crippen molar-refractivity contribution in [1.29, 1.82) is 0 Å². The Hall–Kier alpha value is -3.45. The number of rotatable bonds is 5. The number of halogens is 1. The van der Waals surface area contributed by atoms with E-state index >= 15 is 4.39 Å². The van der Waals surface area contributed by atoms with Gasteiger partial charge in [0.15, 0.2) is 5.78 Å². The molecule has 1 aliphatic carbocycles. The van der Waals surface area contributed by atoms with Gasteiger partial charge in [-0.3, -0.25) is 4.79 Å². The van der Waals surface area contributed by atoms with Crippen LogP contribution >= 0.6 is 0 Å². The van der Waals surface area contributed by atoms with Crippen LogP contribution in [0.2, 0.25) is 0 Å². The van der Waals surface area contributed by atoms with Crippen LogP contribution in [0.3, 0.4) is 0 Å². The molecule has 2 N–H and O–H groups in total. The number of carbonyl (C=O) groups is 2. The minimum atomic E-state index is -1.02. The Bertz CT molecular complexity index is 1250. The lowest BCUT2D eigenvalue weighted by molar-refractivity contribution is -0.136.